The van der Waals surface area contributed by atoms with E-state index in [0.29, 0.717) is 5.56 Å². The molecule has 2 aromatic carbocycles. The Bertz CT molecular complexity index is 626. The molecule has 1 N–H and O–H groups in total. The predicted octanol–water partition coefficient (Wildman–Crippen LogP) is 4.03. The lowest BCUT2D eigenvalue weighted by Gasteiger charge is -2.13. The van der Waals surface area contributed by atoms with E-state index < -0.39 is 23.5 Å². The van der Waals surface area contributed by atoms with E-state index in [4.69, 9.17) is 11.6 Å². The first kappa shape index (κ1) is 14.5. The number of benzene rings is 2. The highest BCUT2D eigenvalue weighted by molar-refractivity contribution is 6.30. The van der Waals surface area contributed by atoms with Gasteiger partial charge in [-0.1, -0.05) is 29.8 Å². The summed E-state index contributed by atoms with van der Waals surface area (Å²) in [5.74, 6) is -3.03. The van der Waals surface area contributed by atoms with E-state index in [0.717, 1.165) is 6.07 Å². The second-order valence-electron chi connectivity index (χ2n) is 4.38. The number of hydrogen-bond acceptors (Lipinski definition) is 1. The van der Waals surface area contributed by atoms with Gasteiger partial charge >= 0.3 is 5.97 Å². The summed E-state index contributed by atoms with van der Waals surface area (Å²) in [6, 6.07) is 9.25. The van der Waals surface area contributed by atoms with Crippen LogP contribution in [0, 0.1) is 11.6 Å². The van der Waals surface area contributed by atoms with Crippen molar-refractivity contribution < 1.29 is 18.7 Å². The summed E-state index contributed by atoms with van der Waals surface area (Å²) in [5, 5.41) is 9.51. The Morgan fingerprint density at radius 3 is 2.35 bits per heavy atom. The van der Waals surface area contributed by atoms with Gasteiger partial charge in [-0.25, -0.2) is 8.78 Å². The predicted molar refractivity (Wildman–Crippen MR) is 71.9 cm³/mol. The molecule has 20 heavy (non-hydrogen) atoms. The third-order valence-corrected chi connectivity index (χ3v) is 3.24. The van der Waals surface area contributed by atoms with Crippen LogP contribution in [0.15, 0.2) is 42.5 Å². The Labute approximate surface area is 119 Å². The molecule has 2 rings (SSSR count). The molecule has 1 atom stereocenters. The molecule has 0 aliphatic rings. The molecule has 0 spiro atoms. The highest BCUT2D eigenvalue weighted by Gasteiger charge is 2.22. The molecule has 2 nitrogen and oxygen atoms in total. The van der Waals surface area contributed by atoms with Crippen LogP contribution >= 0.6 is 11.6 Å². The zero-order valence-corrected chi connectivity index (χ0v) is 11.1. The largest absolute Gasteiger partial charge is 0.481 e. The van der Waals surface area contributed by atoms with Crippen LogP contribution < -0.4 is 0 Å². The summed E-state index contributed by atoms with van der Waals surface area (Å²) in [6.07, 6.45) is -0.0238. The average Bonchev–Trinajstić information content (AvgIpc) is 2.39. The molecule has 0 aliphatic heterocycles. The van der Waals surface area contributed by atoms with Gasteiger partial charge in [0.1, 0.15) is 11.6 Å². The number of rotatable bonds is 4. The van der Waals surface area contributed by atoms with E-state index in [1.165, 1.54) is 36.4 Å². The minimum absolute atomic E-state index is 0.0238. The number of halogens is 3. The summed E-state index contributed by atoms with van der Waals surface area (Å²) < 4.78 is 26.6. The lowest BCUT2D eigenvalue weighted by Crippen LogP contribution is -2.15. The summed E-state index contributed by atoms with van der Waals surface area (Å²) in [4.78, 5) is 11.3. The molecular weight excluding hydrogens is 286 g/mol. The van der Waals surface area contributed by atoms with Crippen molar-refractivity contribution in [2.45, 2.75) is 12.3 Å². The second-order valence-corrected chi connectivity index (χ2v) is 4.82. The summed E-state index contributed by atoms with van der Waals surface area (Å²) in [6.45, 7) is 0. The van der Waals surface area contributed by atoms with Crippen LogP contribution in [0.3, 0.4) is 0 Å². The molecule has 0 fully saturated rings. The lowest BCUT2D eigenvalue weighted by molar-refractivity contribution is -0.138. The smallest absolute Gasteiger partial charge is 0.311 e. The molecule has 104 valence electrons. The van der Waals surface area contributed by atoms with E-state index in [1.807, 2.05) is 0 Å². The monoisotopic (exact) mass is 296 g/mol. The zero-order chi connectivity index (χ0) is 14.7. The van der Waals surface area contributed by atoms with E-state index in [2.05, 4.69) is 0 Å². The maximum absolute atomic E-state index is 13.7. The van der Waals surface area contributed by atoms with E-state index >= 15 is 0 Å². The van der Waals surface area contributed by atoms with E-state index in [1.54, 1.807) is 0 Å². The van der Waals surface area contributed by atoms with Crippen molar-refractivity contribution in [1.82, 2.24) is 0 Å². The van der Waals surface area contributed by atoms with Gasteiger partial charge in [0, 0.05) is 5.02 Å². The van der Waals surface area contributed by atoms with Gasteiger partial charge in [-0.15, -0.1) is 0 Å². The van der Waals surface area contributed by atoms with Crippen molar-refractivity contribution in [3.8, 4) is 0 Å². The molecule has 0 saturated carbocycles. The first-order chi connectivity index (χ1) is 9.47. The number of carbonyl (C=O) groups is 1. The fraction of sp³-hybridized carbons (Fsp3) is 0.133. The van der Waals surface area contributed by atoms with Gasteiger partial charge in [0.05, 0.1) is 5.92 Å². The molecule has 5 heteroatoms. The third-order valence-electron chi connectivity index (χ3n) is 3.01. The molecule has 0 aliphatic carbocycles. The molecule has 0 radical (unpaired) electrons. The van der Waals surface area contributed by atoms with Gasteiger partial charge in [0.25, 0.3) is 0 Å². The van der Waals surface area contributed by atoms with Crippen molar-refractivity contribution in [2.24, 2.45) is 0 Å². The highest BCUT2D eigenvalue weighted by Crippen LogP contribution is 2.24. The molecular formula is C15H11ClF2O2. The minimum atomic E-state index is -1.09. The van der Waals surface area contributed by atoms with Crippen LogP contribution in [0.2, 0.25) is 5.02 Å². The van der Waals surface area contributed by atoms with Gasteiger partial charge < -0.3 is 5.11 Å². The van der Waals surface area contributed by atoms with Crippen molar-refractivity contribution in [3.63, 3.8) is 0 Å². The zero-order valence-electron chi connectivity index (χ0n) is 10.3. The second kappa shape index (κ2) is 6.01. The number of carboxylic acids is 1. The Balaban J connectivity index is 2.30. The van der Waals surface area contributed by atoms with E-state index in [-0.39, 0.29) is 17.0 Å². The maximum Gasteiger partial charge on any atom is 0.311 e. The van der Waals surface area contributed by atoms with Crippen LogP contribution in [0.25, 0.3) is 0 Å². The molecule has 0 amide bonds. The van der Waals surface area contributed by atoms with Crippen LogP contribution in [-0.2, 0) is 11.2 Å². The molecule has 2 aromatic rings. The topological polar surface area (TPSA) is 37.3 Å². The normalized spacial score (nSPS) is 12.2. The van der Waals surface area contributed by atoms with Gasteiger partial charge in [0.15, 0.2) is 0 Å². The van der Waals surface area contributed by atoms with Crippen molar-refractivity contribution in [1.29, 1.82) is 0 Å². The van der Waals surface area contributed by atoms with Gasteiger partial charge in [-0.3, -0.25) is 4.79 Å². The Kier molecular flexibility index (Phi) is 4.35. The highest BCUT2D eigenvalue weighted by atomic mass is 35.5. The number of carboxylic acid groups (broad SMARTS) is 1. The minimum Gasteiger partial charge on any atom is -0.481 e. The SMILES string of the molecule is O=C(O)C(Cc1ccc(Cl)cc1F)c1ccc(F)cc1. The summed E-state index contributed by atoms with van der Waals surface area (Å²) in [5.41, 5.74) is 0.680. The first-order valence-electron chi connectivity index (χ1n) is 5.89. The average molecular weight is 297 g/mol. The van der Waals surface area contributed by atoms with E-state index in [9.17, 15) is 18.7 Å². The van der Waals surface area contributed by atoms with Gasteiger partial charge in [0.2, 0.25) is 0 Å². The third kappa shape index (κ3) is 3.33. The standard InChI is InChI=1S/C15H11ClF2O2/c16-11-4-1-10(14(18)8-11)7-13(15(19)20)9-2-5-12(17)6-3-9/h1-6,8,13H,7H2,(H,19,20). The summed E-state index contributed by atoms with van der Waals surface area (Å²) >= 11 is 5.65. The molecule has 0 aromatic heterocycles. The van der Waals surface area contributed by atoms with Crippen molar-refractivity contribution >= 4 is 17.6 Å². The first-order valence-corrected chi connectivity index (χ1v) is 6.27. The molecule has 0 bridgehead atoms. The number of hydrogen-bond donors (Lipinski definition) is 1. The van der Waals surface area contributed by atoms with Crippen LogP contribution in [0.1, 0.15) is 17.0 Å². The van der Waals surface area contributed by atoms with Crippen LogP contribution in [0.5, 0.6) is 0 Å². The fourth-order valence-electron chi connectivity index (χ4n) is 1.95. The van der Waals surface area contributed by atoms with Crippen molar-refractivity contribution in [3.05, 3.63) is 70.2 Å². The maximum atomic E-state index is 13.7. The quantitative estimate of drug-likeness (QED) is 0.925. The van der Waals surface area contributed by atoms with Gasteiger partial charge in [-0.2, -0.15) is 0 Å². The van der Waals surface area contributed by atoms with Gasteiger partial charge in [-0.05, 0) is 41.8 Å². The Morgan fingerprint density at radius 2 is 1.80 bits per heavy atom. The molecule has 1 unspecified atom stereocenters. The fourth-order valence-corrected chi connectivity index (χ4v) is 2.11. The molecule has 0 heterocycles. The Hall–Kier alpha value is -1.94. The summed E-state index contributed by atoms with van der Waals surface area (Å²) in [7, 11) is 0. The lowest BCUT2D eigenvalue weighted by atomic mass is 9.92. The Morgan fingerprint density at radius 1 is 1.15 bits per heavy atom. The number of aliphatic carboxylic acids is 1. The van der Waals surface area contributed by atoms with Crippen molar-refractivity contribution in [2.75, 3.05) is 0 Å². The van der Waals surface area contributed by atoms with Crippen LogP contribution in [0.4, 0.5) is 8.78 Å². The van der Waals surface area contributed by atoms with Crippen LogP contribution in [-0.4, -0.2) is 11.1 Å². The molecule has 0 saturated heterocycles.